The van der Waals surface area contributed by atoms with E-state index >= 15 is 0 Å². The number of methoxy groups -OCH3 is 2. The van der Waals surface area contributed by atoms with E-state index in [4.69, 9.17) is 14.2 Å². The second-order valence-corrected chi connectivity index (χ2v) is 7.16. The number of benzene rings is 2. The topological polar surface area (TPSA) is 85.9 Å². The molecule has 2 N–H and O–H groups in total. The van der Waals surface area contributed by atoms with Crippen molar-refractivity contribution in [3.8, 4) is 17.2 Å². The van der Waals surface area contributed by atoms with E-state index in [1.807, 2.05) is 32.0 Å². The van der Waals surface area contributed by atoms with Crippen LogP contribution in [-0.4, -0.2) is 32.1 Å². The van der Waals surface area contributed by atoms with Crippen LogP contribution in [0.1, 0.15) is 20.3 Å². The number of carbonyl (C=O) groups is 2. The maximum absolute atomic E-state index is 12.6. The van der Waals surface area contributed by atoms with Crippen LogP contribution in [0.5, 0.6) is 17.2 Å². The van der Waals surface area contributed by atoms with Crippen LogP contribution in [0.3, 0.4) is 0 Å². The van der Waals surface area contributed by atoms with Crippen molar-refractivity contribution in [2.24, 2.45) is 11.8 Å². The summed E-state index contributed by atoms with van der Waals surface area (Å²) in [6.07, 6.45) is 0.507. The lowest BCUT2D eigenvalue weighted by Crippen LogP contribution is -2.21. The molecule has 2 aromatic carbocycles. The monoisotopic (exact) mass is 398 g/mol. The van der Waals surface area contributed by atoms with Crippen molar-refractivity contribution >= 4 is 23.2 Å². The minimum Gasteiger partial charge on any atom is -0.493 e. The number of rotatable bonds is 8. The maximum Gasteiger partial charge on any atom is 0.228 e. The zero-order chi connectivity index (χ0) is 21.0. The number of carbonyl (C=O) groups excluding carboxylic acids is 2. The maximum atomic E-state index is 12.6. The predicted octanol–water partition coefficient (Wildman–Crippen LogP) is 3.70. The Balaban J connectivity index is 1.59. The minimum atomic E-state index is -0.360. The van der Waals surface area contributed by atoms with Gasteiger partial charge in [0.1, 0.15) is 5.75 Å². The average molecular weight is 398 g/mol. The second kappa shape index (κ2) is 8.86. The number of amides is 2. The van der Waals surface area contributed by atoms with Gasteiger partial charge in [-0.15, -0.1) is 0 Å². The van der Waals surface area contributed by atoms with Gasteiger partial charge in [-0.25, -0.2) is 0 Å². The molecule has 0 bridgehead atoms. The second-order valence-electron chi connectivity index (χ2n) is 7.16. The molecule has 0 saturated heterocycles. The highest BCUT2D eigenvalue weighted by Crippen LogP contribution is 2.41. The Hall–Kier alpha value is -3.22. The molecular weight excluding hydrogens is 372 g/mol. The van der Waals surface area contributed by atoms with Crippen LogP contribution in [0.2, 0.25) is 0 Å². The molecule has 154 valence electrons. The first kappa shape index (κ1) is 20.5. The van der Waals surface area contributed by atoms with Gasteiger partial charge in [0.05, 0.1) is 37.8 Å². The van der Waals surface area contributed by atoms with Crippen LogP contribution in [0.4, 0.5) is 11.4 Å². The molecule has 0 heterocycles. The quantitative estimate of drug-likeness (QED) is 0.708. The summed E-state index contributed by atoms with van der Waals surface area (Å²) in [6, 6.07) is 12.4. The van der Waals surface area contributed by atoms with E-state index in [2.05, 4.69) is 10.6 Å². The van der Waals surface area contributed by atoms with Gasteiger partial charge in [0, 0.05) is 11.8 Å². The standard InChI is InChI=1S/C22H26N2O5/c1-13(2)29-18-8-6-5-7-17(18)24-22(26)16-12-15(16)21(25)23-14-9-10-19(27-3)20(11-14)28-4/h5-11,13,15-16H,12H2,1-4H3,(H,23,25)(H,24,26). The van der Waals surface area contributed by atoms with Crippen LogP contribution in [0.15, 0.2) is 42.5 Å². The smallest absolute Gasteiger partial charge is 0.228 e. The van der Waals surface area contributed by atoms with Crippen LogP contribution in [0, 0.1) is 11.8 Å². The summed E-state index contributed by atoms with van der Waals surface area (Å²) < 4.78 is 16.2. The van der Waals surface area contributed by atoms with E-state index in [0.717, 1.165) is 0 Å². The van der Waals surface area contributed by atoms with E-state index in [1.54, 1.807) is 31.4 Å². The van der Waals surface area contributed by atoms with Crippen molar-refractivity contribution < 1.29 is 23.8 Å². The van der Waals surface area contributed by atoms with Crippen molar-refractivity contribution in [3.63, 3.8) is 0 Å². The van der Waals surface area contributed by atoms with Gasteiger partial charge in [-0.3, -0.25) is 9.59 Å². The summed E-state index contributed by atoms with van der Waals surface area (Å²) >= 11 is 0. The molecule has 29 heavy (non-hydrogen) atoms. The van der Waals surface area contributed by atoms with Crippen LogP contribution >= 0.6 is 0 Å². The molecule has 2 amide bonds. The molecule has 2 atom stereocenters. The fourth-order valence-corrected chi connectivity index (χ4v) is 3.08. The fourth-order valence-electron chi connectivity index (χ4n) is 3.08. The predicted molar refractivity (Wildman–Crippen MR) is 111 cm³/mol. The number of hydrogen-bond donors (Lipinski definition) is 2. The minimum absolute atomic E-state index is 0.00556. The molecule has 0 aliphatic heterocycles. The van der Waals surface area contributed by atoms with Crippen LogP contribution in [-0.2, 0) is 9.59 Å². The Bertz CT molecular complexity index is 897. The molecule has 0 radical (unpaired) electrons. The molecule has 1 fully saturated rings. The molecule has 1 aliphatic rings. The molecule has 0 spiro atoms. The van der Waals surface area contributed by atoms with E-state index in [1.165, 1.54) is 7.11 Å². The molecule has 3 rings (SSSR count). The van der Waals surface area contributed by atoms with E-state index in [-0.39, 0.29) is 29.8 Å². The first-order valence-corrected chi connectivity index (χ1v) is 9.52. The number of nitrogens with one attached hydrogen (secondary N) is 2. The normalized spacial score (nSPS) is 17.4. The number of anilines is 2. The molecule has 7 heteroatoms. The first-order chi connectivity index (χ1) is 13.9. The SMILES string of the molecule is COc1ccc(NC(=O)C2CC2C(=O)Nc2ccccc2OC(C)C)cc1OC. The lowest BCUT2D eigenvalue weighted by Gasteiger charge is -2.14. The third-order valence-electron chi connectivity index (χ3n) is 4.62. The Kier molecular flexibility index (Phi) is 6.26. The van der Waals surface area contributed by atoms with Crippen molar-refractivity contribution in [1.29, 1.82) is 0 Å². The van der Waals surface area contributed by atoms with Gasteiger partial charge >= 0.3 is 0 Å². The molecule has 2 unspecified atom stereocenters. The summed E-state index contributed by atoms with van der Waals surface area (Å²) in [4.78, 5) is 25.1. The zero-order valence-electron chi connectivity index (χ0n) is 17.0. The summed E-state index contributed by atoms with van der Waals surface area (Å²) in [7, 11) is 3.08. The van der Waals surface area contributed by atoms with Gasteiger partial charge in [0.25, 0.3) is 0 Å². The average Bonchev–Trinajstić information content (AvgIpc) is 3.50. The fraction of sp³-hybridized carbons (Fsp3) is 0.364. The first-order valence-electron chi connectivity index (χ1n) is 9.52. The molecule has 7 nitrogen and oxygen atoms in total. The highest BCUT2D eigenvalue weighted by atomic mass is 16.5. The van der Waals surface area contributed by atoms with Crippen molar-refractivity contribution in [2.75, 3.05) is 24.9 Å². The van der Waals surface area contributed by atoms with E-state index in [0.29, 0.717) is 35.0 Å². The Morgan fingerprint density at radius 2 is 1.55 bits per heavy atom. The summed E-state index contributed by atoms with van der Waals surface area (Å²) in [5, 5.41) is 5.72. The zero-order valence-corrected chi connectivity index (χ0v) is 17.0. The summed E-state index contributed by atoms with van der Waals surface area (Å²) in [5.41, 5.74) is 1.20. The molecule has 0 aromatic heterocycles. The highest BCUT2D eigenvalue weighted by Gasteiger charge is 2.48. The van der Waals surface area contributed by atoms with Gasteiger partial charge in [0.2, 0.25) is 11.8 Å². The largest absolute Gasteiger partial charge is 0.493 e. The molecule has 2 aromatic rings. The van der Waals surface area contributed by atoms with Gasteiger partial charge < -0.3 is 24.8 Å². The lowest BCUT2D eigenvalue weighted by molar-refractivity contribution is -0.122. The Labute approximate surface area is 170 Å². The summed E-state index contributed by atoms with van der Waals surface area (Å²) in [6.45, 7) is 3.85. The van der Waals surface area contributed by atoms with Crippen molar-refractivity contribution in [2.45, 2.75) is 26.4 Å². The van der Waals surface area contributed by atoms with Gasteiger partial charge in [-0.2, -0.15) is 0 Å². The summed E-state index contributed by atoms with van der Waals surface area (Å²) in [5.74, 6) is 0.626. The third-order valence-corrected chi connectivity index (χ3v) is 4.62. The van der Waals surface area contributed by atoms with Gasteiger partial charge in [-0.1, -0.05) is 12.1 Å². The van der Waals surface area contributed by atoms with Crippen LogP contribution in [0.25, 0.3) is 0 Å². The Morgan fingerprint density at radius 3 is 2.21 bits per heavy atom. The Morgan fingerprint density at radius 1 is 0.897 bits per heavy atom. The third kappa shape index (κ3) is 4.99. The van der Waals surface area contributed by atoms with Gasteiger partial charge in [0.15, 0.2) is 11.5 Å². The van der Waals surface area contributed by atoms with Gasteiger partial charge in [-0.05, 0) is 44.5 Å². The molecular formula is C22H26N2O5. The number of ether oxygens (including phenoxy) is 3. The van der Waals surface area contributed by atoms with E-state index < -0.39 is 0 Å². The van der Waals surface area contributed by atoms with Crippen LogP contribution < -0.4 is 24.8 Å². The van der Waals surface area contributed by atoms with Crippen molar-refractivity contribution in [3.05, 3.63) is 42.5 Å². The number of para-hydroxylation sites is 2. The highest BCUT2D eigenvalue weighted by molar-refractivity contribution is 6.03. The lowest BCUT2D eigenvalue weighted by atomic mass is 10.2. The molecule has 1 aliphatic carbocycles. The van der Waals surface area contributed by atoms with E-state index in [9.17, 15) is 9.59 Å². The van der Waals surface area contributed by atoms with Crippen molar-refractivity contribution in [1.82, 2.24) is 0 Å². The molecule has 1 saturated carbocycles. The number of hydrogen-bond acceptors (Lipinski definition) is 5.